The Bertz CT molecular complexity index is 469. The Labute approximate surface area is 133 Å². The molecular formula is C17H28N2O3. The molecule has 5 nitrogen and oxygen atoms in total. The number of hydrogen-bond donors (Lipinski definition) is 2. The van der Waals surface area contributed by atoms with Gasteiger partial charge in [0.15, 0.2) is 5.69 Å². The van der Waals surface area contributed by atoms with E-state index in [2.05, 4.69) is 16.4 Å². The molecule has 2 aliphatic rings. The molecule has 0 aromatic carbocycles. The Hall–Kier alpha value is -1.62. The minimum absolute atomic E-state index is 0.362. The summed E-state index contributed by atoms with van der Waals surface area (Å²) in [6, 6.07) is 2.57. The number of esters is 1. The number of aliphatic hydroxyl groups is 1. The molecule has 2 fully saturated rings. The van der Waals surface area contributed by atoms with Gasteiger partial charge in [-0.3, -0.25) is 0 Å². The molecule has 0 radical (unpaired) electrons. The summed E-state index contributed by atoms with van der Waals surface area (Å²) < 4.78 is 4.78. The van der Waals surface area contributed by atoms with E-state index in [1.165, 1.54) is 44.8 Å². The van der Waals surface area contributed by atoms with Gasteiger partial charge in [0.05, 0.1) is 12.8 Å². The Morgan fingerprint density at radius 1 is 1.27 bits per heavy atom. The fourth-order valence-corrected chi connectivity index (χ4v) is 2.26. The normalized spacial score (nSPS) is 16.2. The maximum Gasteiger partial charge on any atom is 0.358 e. The van der Waals surface area contributed by atoms with Gasteiger partial charge in [-0.2, -0.15) is 0 Å². The van der Waals surface area contributed by atoms with Crippen LogP contribution < -0.4 is 5.32 Å². The molecule has 0 saturated heterocycles. The van der Waals surface area contributed by atoms with Gasteiger partial charge in [-0.15, -0.1) is 0 Å². The quantitative estimate of drug-likeness (QED) is 0.835. The van der Waals surface area contributed by atoms with E-state index in [0.29, 0.717) is 17.7 Å². The zero-order valence-corrected chi connectivity index (χ0v) is 14.1. The van der Waals surface area contributed by atoms with Crippen LogP contribution in [0.5, 0.6) is 0 Å². The van der Waals surface area contributed by atoms with Crippen molar-refractivity contribution in [2.75, 3.05) is 19.5 Å². The first-order valence-corrected chi connectivity index (χ1v) is 8.07. The van der Waals surface area contributed by atoms with Crippen LogP contribution in [0.1, 0.15) is 67.9 Å². The van der Waals surface area contributed by atoms with Crippen molar-refractivity contribution in [2.45, 2.75) is 57.9 Å². The second-order valence-electron chi connectivity index (χ2n) is 5.20. The summed E-state index contributed by atoms with van der Waals surface area (Å²) in [6.45, 7) is 4.00. The van der Waals surface area contributed by atoms with Crippen molar-refractivity contribution in [1.29, 1.82) is 0 Å². The standard InChI is InChI=1S/C14H18N2O2.C2H6.CH4O/c1-18-14(17)13-12(16-11-3-2-4-11)7-10(8-15-13)9-5-6-9;2*1-2/h7-9,11,16H,2-6H2,1H3;1-2H3;2H,1H3. The Morgan fingerprint density at radius 2 is 1.91 bits per heavy atom. The van der Waals surface area contributed by atoms with Crippen LogP contribution in [0.15, 0.2) is 12.3 Å². The van der Waals surface area contributed by atoms with Crippen LogP contribution in [0.3, 0.4) is 0 Å². The Morgan fingerprint density at radius 3 is 2.36 bits per heavy atom. The van der Waals surface area contributed by atoms with Crippen LogP contribution in [-0.2, 0) is 4.74 Å². The van der Waals surface area contributed by atoms with E-state index in [1.54, 1.807) is 0 Å². The van der Waals surface area contributed by atoms with Crippen LogP contribution >= 0.6 is 0 Å². The third-order valence-corrected chi connectivity index (χ3v) is 3.80. The lowest BCUT2D eigenvalue weighted by molar-refractivity contribution is 0.0595. The maximum absolute atomic E-state index is 11.7. The largest absolute Gasteiger partial charge is 0.464 e. The number of ether oxygens (including phenoxy) is 1. The molecule has 2 N–H and O–H groups in total. The van der Waals surface area contributed by atoms with E-state index in [1.807, 2.05) is 20.0 Å². The lowest BCUT2D eigenvalue weighted by Crippen LogP contribution is -2.28. The van der Waals surface area contributed by atoms with Gasteiger partial charge in [0.1, 0.15) is 0 Å². The summed E-state index contributed by atoms with van der Waals surface area (Å²) in [5.41, 5.74) is 2.49. The predicted molar refractivity (Wildman–Crippen MR) is 88.3 cm³/mol. The number of carbonyl (C=O) groups is 1. The van der Waals surface area contributed by atoms with Crippen molar-refractivity contribution < 1.29 is 14.6 Å². The lowest BCUT2D eigenvalue weighted by Gasteiger charge is -2.28. The lowest BCUT2D eigenvalue weighted by atomic mass is 9.93. The average molecular weight is 308 g/mol. The highest BCUT2D eigenvalue weighted by molar-refractivity contribution is 5.93. The molecule has 0 atom stereocenters. The number of pyridine rings is 1. The van der Waals surface area contributed by atoms with Crippen molar-refractivity contribution >= 4 is 11.7 Å². The number of nitrogens with one attached hydrogen (secondary N) is 1. The van der Waals surface area contributed by atoms with Crippen LogP contribution in [-0.4, -0.2) is 36.3 Å². The van der Waals surface area contributed by atoms with Gasteiger partial charge in [0.25, 0.3) is 0 Å². The van der Waals surface area contributed by atoms with E-state index in [9.17, 15) is 4.79 Å². The molecule has 2 saturated carbocycles. The summed E-state index contributed by atoms with van der Waals surface area (Å²) in [7, 11) is 2.39. The van der Waals surface area contributed by atoms with Gasteiger partial charge in [-0.1, -0.05) is 13.8 Å². The molecular weight excluding hydrogens is 280 g/mol. The summed E-state index contributed by atoms with van der Waals surface area (Å²) in [4.78, 5) is 16.0. The number of carbonyl (C=O) groups excluding carboxylic acids is 1. The highest BCUT2D eigenvalue weighted by atomic mass is 16.5. The molecule has 0 spiro atoms. The summed E-state index contributed by atoms with van der Waals surface area (Å²) in [5.74, 6) is 0.283. The second kappa shape index (κ2) is 9.41. The molecule has 0 bridgehead atoms. The number of rotatable bonds is 4. The van der Waals surface area contributed by atoms with Gasteiger partial charge >= 0.3 is 5.97 Å². The average Bonchev–Trinajstić information content (AvgIpc) is 3.39. The van der Waals surface area contributed by atoms with Crippen molar-refractivity contribution in [3.05, 3.63) is 23.5 Å². The fourth-order valence-electron chi connectivity index (χ4n) is 2.26. The van der Waals surface area contributed by atoms with Gasteiger partial charge < -0.3 is 15.2 Å². The van der Waals surface area contributed by atoms with Crippen LogP contribution in [0.25, 0.3) is 0 Å². The maximum atomic E-state index is 11.7. The first-order chi connectivity index (χ1) is 10.8. The zero-order valence-electron chi connectivity index (χ0n) is 14.1. The zero-order chi connectivity index (χ0) is 16.5. The summed E-state index contributed by atoms with van der Waals surface area (Å²) >= 11 is 0. The predicted octanol–water partition coefficient (Wildman–Crippen LogP) is 3.34. The van der Waals surface area contributed by atoms with E-state index in [4.69, 9.17) is 9.84 Å². The van der Waals surface area contributed by atoms with E-state index in [0.717, 1.165) is 12.8 Å². The molecule has 1 heterocycles. The molecule has 5 heteroatoms. The number of aromatic nitrogens is 1. The van der Waals surface area contributed by atoms with Crippen molar-refractivity contribution in [1.82, 2.24) is 4.98 Å². The van der Waals surface area contributed by atoms with Crippen LogP contribution in [0.4, 0.5) is 5.69 Å². The summed E-state index contributed by atoms with van der Waals surface area (Å²) in [6.07, 6.45) is 7.91. The highest BCUT2D eigenvalue weighted by Crippen LogP contribution is 2.41. The molecule has 3 rings (SSSR count). The second-order valence-corrected chi connectivity index (χ2v) is 5.20. The number of nitrogens with zero attached hydrogens (tertiary/aromatic N) is 1. The topological polar surface area (TPSA) is 71.5 Å². The molecule has 22 heavy (non-hydrogen) atoms. The van der Waals surface area contributed by atoms with Gasteiger partial charge in [-0.25, -0.2) is 9.78 Å². The molecule has 0 aliphatic heterocycles. The SMILES string of the molecule is CC.CO.COC(=O)c1ncc(C2CC2)cc1NC1CCC1. The number of methoxy groups -OCH3 is 1. The summed E-state index contributed by atoms with van der Waals surface area (Å²) in [5, 5.41) is 10.4. The van der Waals surface area contributed by atoms with Crippen LogP contribution in [0, 0.1) is 0 Å². The van der Waals surface area contributed by atoms with E-state index < -0.39 is 0 Å². The third kappa shape index (κ3) is 4.70. The van der Waals surface area contributed by atoms with Gasteiger partial charge in [0.2, 0.25) is 0 Å². The van der Waals surface area contributed by atoms with Crippen LogP contribution in [0.2, 0.25) is 0 Å². The van der Waals surface area contributed by atoms with E-state index >= 15 is 0 Å². The molecule has 1 aromatic rings. The van der Waals surface area contributed by atoms with Gasteiger partial charge in [0, 0.05) is 19.3 Å². The number of hydrogen-bond acceptors (Lipinski definition) is 5. The third-order valence-electron chi connectivity index (χ3n) is 3.80. The van der Waals surface area contributed by atoms with E-state index in [-0.39, 0.29) is 5.97 Å². The Kier molecular flexibility index (Phi) is 7.88. The molecule has 1 aromatic heterocycles. The van der Waals surface area contributed by atoms with Gasteiger partial charge in [-0.05, 0) is 49.7 Å². The monoisotopic (exact) mass is 308 g/mol. The Balaban J connectivity index is 0.000000561. The smallest absolute Gasteiger partial charge is 0.358 e. The van der Waals surface area contributed by atoms with Crippen molar-refractivity contribution in [3.8, 4) is 0 Å². The highest BCUT2D eigenvalue weighted by Gasteiger charge is 2.27. The first-order valence-electron chi connectivity index (χ1n) is 8.07. The number of aliphatic hydroxyl groups excluding tert-OH is 1. The molecule has 0 unspecified atom stereocenters. The van der Waals surface area contributed by atoms with Crippen molar-refractivity contribution in [2.24, 2.45) is 0 Å². The molecule has 0 amide bonds. The van der Waals surface area contributed by atoms with Crippen molar-refractivity contribution in [3.63, 3.8) is 0 Å². The minimum Gasteiger partial charge on any atom is -0.464 e. The minimum atomic E-state index is -0.362. The fraction of sp³-hybridized carbons (Fsp3) is 0.647. The molecule has 124 valence electrons. The molecule has 2 aliphatic carbocycles. The first kappa shape index (κ1) is 18.4. The number of anilines is 1.